The van der Waals surface area contributed by atoms with Crippen LogP contribution in [0.1, 0.15) is 76.0 Å². The summed E-state index contributed by atoms with van der Waals surface area (Å²) in [6, 6.07) is 0. The highest BCUT2D eigenvalue weighted by Crippen LogP contribution is 2.41. The predicted molar refractivity (Wildman–Crippen MR) is 81.7 cm³/mol. The van der Waals surface area contributed by atoms with Crippen LogP contribution in [0.15, 0.2) is 0 Å². The van der Waals surface area contributed by atoms with Crippen LogP contribution in [0.5, 0.6) is 0 Å². The van der Waals surface area contributed by atoms with E-state index in [9.17, 15) is 13.2 Å². The van der Waals surface area contributed by atoms with E-state index in [1.807, 2.05) is 0 Å². The first-order valence-corrected chi connectivity index (χ1v) is 7.18. The highest BCUT2D eigenvalue weighted by atomic mass is 19.4. The molecule has 0 radical (unpaired) electrons. The van der Waals surface area contributed by atoms with Gasteiger partial charge in [0.25, 0.3) is 0 Å². The summed E-state index contributed by atoms with van der Waals surface area (Å²) < 4.78 is 40.5. The third-order valence-corrected chi connectivity index (χ3v) is 4.75. The second-order valence-electron chi connectivity index (χ2n) is 6.12. The van der Waals surface area contributed by atoms with Crippen molar-refractivity contribution in [1.29, 1.82) is 0 Å². The topological polar surface area (TPSA) is 9.23 Å². The quantitative estimate of drug-likeness (QED) is 0.553. The minimum absolute atomic E-state index is 0. The van der Waals surface area contributed by atoms with Gasteiger partial charge in [-0.15, -0.1) is 13.2 Å². The Labute approximate surface area is 125 Å². The number of halogens is 3. The smallest absolute Gasteiger partial charge is 0.289 e. The number of rotatable bonds is 2. The van der Waals surface area contributed by atoms with Crippen molar-refractivity contribution in [3.05, 3.63) is 0 Å². The van der Waals surface area contributed by atoms with Crippen molar-refractivity contribution in [2.45, 2.75) is 85.6 Å². The molecule has 2 saturated carbocycles. The van der Waals surface area contributed by atoms with Crippen LogP contribution >= 0.6 is 0 Å². The maximum Gasteiger partial charge on any atom is 0.522 e. The summed E-state index contributed by atoms with van der Waals surface area (Å²) >= 11 is 0. The summed E-state index contributed by atoms with van der Waals surface area (Å²) in [6.45, 7) is 2.30. The zero-order valence-electron chi connectivity index (χ0n) is 11.0. The molecule has 0 spiro atoms. The fourth-order valence-corrected chi connectivity index (χ4v) is 3.62. The molecule has 2 fully saturated rings. The largest absolute Gasteiger partial charge is 0.522 e. The maximum absolute atomic E-state index is 12.1. The molecule has 0 N–H and O–H groups in total. The van der Waals surface area contributed by atoms with Gasteiger partial charge >= 0.3 is 6.36 Å². The lowest BCUT2D eigenvalue weighted by molar-refractivity contribution is -0.346. The van der Waals surface area contributed by atoms with E-state index in [2.05, 4.69) is 11.7 Å². The molecule has 4 heteroatoms. The standard InChI is InChI=1S/C14H23F3O.2CH4.2H2/c1-10-2-4-11(5-3-10)12-6-8-13(9-7-12)18-14(15,16)17;;;;/h10-13H,2-9H2,1H3;2*1H4;2*1H. The molecule has 0 unspecified atom stereocenters. The molecular formula is C16H35F3O. The number of hydrogen-bond donors (Lipinski definition) is 0. The van der Waals surface area contributed by atoms with E-state index in [1.54, 1.807) is 0 Å². The van der Waals surface area contributed by atoms with E-state index in [1.165, 1.54) is 25.7 Å². The molecule has 0 aromatic rings. The molecule has 1 nitrogen and oxygen atoms in total. The van der Waals surface area contributed by atoms with E-state index >= 15 is 0 Å². The fourth-order valence-electron chi connectivity index (χ4n) is 3.62. The fraction of sp³-hybridized carbons (Fsp3) is 1.00. The molecule has 0 heterocycles. The predicted octanol–water partition coefficient (Wildman–Crippen LogP) is 6.67. The number of alkyl halides is 3. The van der Waals surface area contributed by atoms with Crippen molar-refractivity contribution in [2.75, 3.05) is 0 Å². The molecule has 0 atom stereocenters. The summed E-state index contributed by atoms with van der Waals surface area (Å²) in [5.41, 5.74) is 0. The first-order valence-electron chi connectivity index (χ1n) is 7.18. The minimum atomic E-state index is -4.46. The highest BCUT2D eigenvalue weighted by molar-refractivity contribution is 4.81. The zero-order valence-corrected chi connectivity index (χ0v) is 11.0. The van der Waals surface area contributed by atoms with Gasteiger partial charge in [-0.25, -0.2) is 0 Å². The molecular weight excluding hydrogens is 265 g/mol. The Bertz CT molecular complexity index is 259. The lowest BCUT2D eigenvalue weighted by Crippen LogP contribution is -2.31. The van der Waals surface area contributed by atoms with Crippen LogP contribution in [-0.2, 0) is 4.74 Å². The van der Waals surface area contributed by atoms with Crippen molar-refractivity contribution < 1.29 is 20.8 Å². The van der Waals surface area contributed by atoms with Gasteiger partial charge in [0.15, 0.2) is 0 Å². The molecule has 2 rings (SSSR count). The maximum atomic E-state index is 12.1. The van der Waals surface area contributed by atoms with Gasteiger partial charge in [-0.05, 0) is 56.3 Å². The zero-order chi connectivity index (χ0) is 13.2. The second kappa shape index (κ2) is 8.26. The van der Waals surface area contributed by atoms with E-state index in [0.717, 1.165) is 24.7 Å². The number of ether oxygens (including phenoxy) is 1. The van der Waals surface area contributed by atoms with E-state index in [-0.39, 0.29) is 17.7 Å². The molecule has 2 aliphatic rings. The number of hydrogen-bond acceptors (Lipinski definition) is 1. The van der Waals surface area contributed by atoms with Crippen molar-refractivity contribution in [2.24, 2.45) is 17.8 Å². The second-order valence-corrected chi connectivity index (χ2v) is 6.12. The van der Waals surface area contributed by atoms with Crippen molar-refractivity contribution in [3.8, 4) is 0 Å². The normalized spacial score (nSPS) is 34.8. The van der Waals surface area contributed by atoms with Gasteiger partial charge in [0, 0.05) is 2.85 Å². The van der Waals surface area contributed by atoms with E-state index in [0.29, 0.717) is 18.8 Å². The van der Waals surface area contributed by atoms with Gasteiger partial charge in [-0.2, -0.15) is 0 Å². The van der Waals surface area contributed by atoms with Crippen LogP contribution in [0.3, 0.4) is 0 Å². The van der Waals surface area contributed by atoms with Crippen molar-refractivity contribution in [3.63, 3.8) is 0 Å². The Morgan fingerprint density at radius 3 is 1.60 bits per heavy atom. The first-order chi connectivity index (χ1) is 8.44. The molecule has 2 aliphatic carbocycles. The molecule has 0 aromatic heterocycles. The monoisotopic (exact) mass is 300 g/mol. The molecule has 0 bridgehead atoms. The summed E-state index contributed by atoms with van der Waals surface area (Å²) in [6.07, 6.45) is 3.08. The van der Waals surface area contributed by atoms with Crippen LogP contribution < -0.4 is 0 Å². The summed E-state index contributed by atoms with van der Waals surface area (Å²) in [5, 5.41) is 0. The molecule has 126 valence electrons. The Kier molecular flexibility index (Phi) is 8.15. The molecule has 0 aromatic carbocycles. The van der Waals surface area contributed by atoms with Gasteiger partial charge < -0.3 is 0 Å². The lowest BCUT2D eigenvalue weighted by Gasteiger charge is -2.37. The van der Waals surface area contributed by atoms with Gasteiger partial charge in [-0.1, -0.05) is 34.6 Å². The molecule has 0 saturated heterocycles. The van der Waals surface area contributed by atoms with Crippen LogP contribution in [-0.4, -0.2) is 12.5 Å². The lowest BCUT2D eigenvalue weighted by atomic mass is 9.71. The van der Waals surface area contributed by atoms with Crippen LogP contribution in [0.25, 0.3) is 0 Å². The van der Waals surface area contributed by atoms with Crippen molar-refractivity contribution in [1.82, 2.24) is 0 Å². The Hall–Kier alpha value is -0.250. The summed E-state index contributed by atoms with van der Waals surface area (Å²) in [5.74, 6) is 2.24. The molecule has 20 heavy (non-hydrogen) atoms. The van der Waals surface area contributed by atoms with Crippen LogP contribution in [0.2, 0.25) is 0 Å². The highest BCUT2D eigenvalue weighted by Gasteiger charge is 2.37. The summed E-state index contributed by atoms with van der Waals surface area (Å²) in [7, 11) is 0. The SMILES string of the molecule is C.C.CC1CCC(C2CCC(OC(F)(F)F)CC2)CC1.[HH].[HH]. The van der Waals surface area contributed by atoms with E-state index < -0.39 is 12.5 Å². The average molecular weight is 300 g/mol. The molecule has 0 amide bonds. The van der Waals surface area contributed by atoms with Crippen molar-refractivity contribution >= 4 is 0 Å². The Morgan fingerprint density at radius 2 is 1.20 bits per heavy atom. The Balaban J connectivity index is -0.000000902. The first kappa shape index (κ1) is 19.8. The average Bonchev–Trinajstić information content (AvgIpc) is 2.29. The van der Waals surface area contributed by atoms with Gasteiger partial charge in [-0.3, -0.25) is 4.74 Å². The molecule has 0 aliphatic heterocycles. The van der Waals surface area contributed by atoms with Gasteiger partial charge in [0.1, 0.15) is 0 Å². The Morgan fingerprint density at radius 1 is 0.800 bits per heavy atom. The van der Waals surface area contributed by atoms with Crippen LogP contribution in [0.4, 0.5) is 13.2 Å². The third kappa shape index (κ3) is 6.02. The van der Waals surface area contributed by atoms with Gasteiger partial charge in [0.05, 0.1) is 6.10 Å². The van der Waals surface area contributed by atoms with E-state index in [4.69, 9.17) is 0 Å². The van der Waals surface area contributed by atoms with Crippen LogP contribution in [0, 0.1) is 17.8 Å². The third-order valence-electron chi connectivity index (χ3n) is 4.75. The van der Waals surface area contributed by atoms with Gasteiger partial charge in [0.2, 0.25) is 0 Å². The summed E-state index contributed by atoms with van der Waals surface area (Å²) in [4.78, 5) is 0. The minimum Gasteiger partial charge on any atom is -0.289 e.